The number of hydrogen-bond acceptors (Lipinski definition) is 4. The van der Waals surface area contributed by atoms with Crippen molar-refractivity contribution in [3.8, 4) is 5.75 Å². The summed E-state index contributed by atoms with van der Waals surface area (Å²) in [5.74, 6) is -0.248. The molecular formula is C18H25FN2O3. The van der Waals surface area contributed by atoms with Gasteiger partial charge in [0.1, 0.15) is 0 Å². The van der Waals surface area contributed by atoms with Crippen LogP contribution in [-0.4, -0.2) is 38.4 Å². The smallest absolute Gasteiger partial charge is 0.220 e. The number of Topliss-reactive ketones (excluding diaryl/α,β-unsaturated/α-hetero) is 1. The highest BCUT2D eigenvalue weighted by molar-refractivity contribution is 5.98. The minimum absolute atomic E-state index is 0.0720. The van der Waals surface area contributed by atoms with Crippen molar-refractivity contribution < 1.29 is 18.7 Å². The number of nitrogens with one attached hydrogen (secondary N) is 2. The van der Waals surface area contributed by atoms with Crippen molar-refractivity contribution in [1.82, 2.24) is 10.6 Å². The van der Waals surface area contributed by atoms with Crippen LogP contribution in [0.5, 0.6) is 5.75 Å². The van der Waals surface area contributed by atoms with Crippen LogP contribution < -0.4 is 15.4 Å². The Hall–Kier alpha value is -1.95. The Bertz CT molecular complexity index is 571. The third-order valence-electron chi connectivity index (χ3n) is 4.33. The standard InChI is InChI=1S/C18H25FN2O3/c1-24-17-6-4-14(11-15(17)19)16(22)5-7-18(23)21-10-8-13-3-2-9-20-12-13/h4,6,11,13,20H,2-3,5,7-10,12H2,1H3,(H,21,23). The summed E-state index contributed by atoms with van der Waals surface area (Å²) in [6.07, 6.45) is 3.53. The molecule has 1 aliphatic rings. The van der Waals surface area contributed by atoms with E-state index in [4.69, 9.17) is 4.74 Å². The Morgan fingerprint density at radius 2 is 2.21 bits per heavy atom. The molecule has 0 spiro atoms. The molecule has 1 amide bonds. The molecule has 1 aliphatic heterocycles. The molecule has 1 saturated heterocycles. The van der Waals surface area contributed by atoms with E-state index in [1.807, 2.05) is 0 Å². The quantitative estimate of drug-likeness (QED) is 0.715. The van der Waals surface area contributed by atoms with Gasteiger partial charge in [0.15, 0.2) is 17.3 Å². The van der Waals surface area contributed by atoms with Crippen molar-refractivity contribution in [3.63, 3.8) is 0 Å². The lowest BCUT2D eigenvalue weighted by molar-refractivity contribution is -0.121. The number of rotatable bonds is 8. The van der Waals surface area contributed by atoms with Crippen LogP contribution in [0.25, 0.3) is 0 Å². The van der Waals surface area contributed by atoms with Gasteiger partial charge < -0.3 is 15.4 Å². The van der Waals surface area contributed by atoms with E-state index in [2.05, 4.69) is 10.6 Å². The van der Waals surface area contributed by atoms with Gasteiger partial charge in [0, 0.05) is 24.9 Å². The summed E-state index contributed by atoms with van der Waals surface area (Å²) in [5.41, 5.74) is 0.259. The summed E-state index contributed by atoms with van der Waals surface area (Å²) in [6, 6.07) is 4.08. The number of piperidine rings is 1. The zero-order chi connectivity index (χ0) is 17.4. The largest absolute Gasteiger partial charge is 0.494 e. The Balaban J connectivity index is 1.69. The number of benzene rings is 1. The van der Waals surface area contributed by atoms with Gasteiger partial charge in [-0.1, -0.05) is 0 Å². The molecule has 2 rings (SSSR count). The van der Waals surface area contributed by atoms with Crippen molar-refractivity contribution >= 4 is 11.7 Å². The van der Waals surface area contributed by atoms with E-state index >= 15 is 0 Å². The summed E-state index contributed by atoms with van der Waals surface area (Å²) in [4.78, 5) is 23.8. The van der Waals surface area contributed by atoms with Crippen molar-refractivity contribution in [3.05, 3.63) is 29.6 Å². The Morgan fingerprint density at radius 1 is 1.38 bits per heavy atom. The second kappa shape index (κ2) is 9.37. The van der Waals surface area contributed by atoms with E-state index in [0.29, 0.717) is 12.5 Å². The predicted molar refractivity (Wildman–Crippen MR) is 89.7 cm³/mol. The molecule has 1 unspecified atom stereocenters. The van der Waals surface area contributed by atoms with E-state index in [-0.39, 0.29) is 35.8 Å². The fourth-order valence-corrected chi connectivity index (χ4v) is 2.89. The number of amides is 1. The molecule has 5 nitrogen and oxygen atoms in total. The van der Waals surface area contributed by atoms with Gasteiger partial charge in [0.2, 0.25) is 5.91 Å². The molecule has 0 aromatic heterocycles. The maximum Gasteiger partial charge on any atom is 0.220 e. The maximum atomic E-state index is 13.6. The molecule has 1 aromatic rings. The number of methoxy groups -OCH3 is 1. The van der Waals surface area contributed by atoms with Crippen LogP contribution in [0.1, 0.15) is 42.5 Å². The number of carbonyl (C=O) groups is 2. The van der Waals surface area contributed by atoms with Gasteiger partial charge in [-0.15, -0.1) is 0 Å². The number of ketones is 1. The molecule has 0 saturated carbocycles. The molecule has 6 heteroatoms. The average Bonchev–Trinajstić information content (AvgIpc) is 2.60. The van der Waals surface area contributed by atoms with Crippen LogP contribution in [0.4, 0.5) is 4.39 Å². The van der Waals surface area contributed by atoms with Crippen molar-refractivity contribution in [1.29, 1.82) is 0 Å². The monoisotopic (exact) mass is 336 g/mol. The van der Waals surface area contributed by atoms with E-state index < -0.39 is 5.82 Å². The molecule has 1 heterocycles. The molecule has 0 radical (unpaired) electrons. The lowest BCUT2D eigenvalue weighted by Crippen LogP contribution is -2.33. The summed E-state index contributed by atoms with van der Waals surface area (Å²) in [5, 5.41) is 6.20. The van der Waals surface area contributed by atoms with Gasteiger partial charge in [-0.2, -0.15) is 0 Å². The third kappa shape index (κ3) is 5.60. The molecule has 1 aromatic carbocycles. The van der Waals surface area contributed by atoms with Crippen molar-refractivity contribution in [2.75, 3.05) is 26.7 Å². The van der Waals surface area contributed by atoms with Gasteiger partial charge in [-0.3, -0.25) is 9.59 Å². The van der Waals surface area contributed by atoms with E-state index in [0.717, 1.165) is 25.6 Å². The highest BCUT2D eigenvalue weighted by atomic mass is 19.1. The fraction of sp³-hybridized carbons (Fsp3) is 0.556. The first-order valence-electron chi connectivity index (χ1n) is 8.44. The first-order chi connectivity index (χ1) is 11.6. The Labute approximate surface area is 142 Å². The van der Waals surface area contributed by atoms with E-state index in [9.17, 15) is 14.0 Å². The minimum Gasteiger partial charge on any atom is -0.494 e. The zero-order valence-corrected chi connectivity index (χ0v) is 14.1. The molecule has 0 bridgehead atoms. The molecule has 24 heavy (non-hydrogen) atoms. The van der Waals surface area contributed by atoms with Crippen LogP contribution in [0, 0.1) is 11.7 Å². The van der Waals surface area contributed by atoms with Gasteiger partial charge in [0.05, 0.1) is 7.11 Å². The molecular weight excluding hydrogens is 311 g/mol. The van der Waals surface area contributed by atoms with E-state index in [1.54, 1.807) is 0 Å². The highest BCUT2D eigenvalue weighted by Crippen LogP contribution is 2.19. The van der Waals surface area contributed by atoms with Crippen LogP contribution >= 0.6 is 0 Å². The topological polar surface area (TPSA) is 67.4 Å². The van der Waals surface area contributed by atoms with Gasteiger partial charge in [0.25, 0.3) is 0 Å². The first kappa shape index (κ1) is 18.4. The highest BCUT2D eigenvalue weighted by Gasteiger charge is 2.14. The second-order valence-electron chi connectivity index (χ2n) is 6.12. The second-order valence-corrected chi connectivity index (χ2v) is 6.12. The van der Waals surface area contributed by atoms with Crippen molar-refractivity contribution in [2.24, 2.45) is 5.92 Å². The molecule has 2 N–H and O–H groups in total. The zero-order valence-electron chi connectivity index (χ0n) is 14.1. The summed E-state index contributed by atoms with van der Waals surface area (Å²) < 4.78 is 18.4. The number of ether oxygens (including phenoxy) is 1. The first-order valence-corrected chi connectivity index (χ1v) is 8.44. The number of hydrogen-bond donors (Lipinski definition) is 2. The summed E-state index contributed by atoms with van der Waals surface area (Å²) in [7, 11) is 1.37. The van der Waals surface area contributed by atoms with Gasteiger partial charge in [-0.25, -0.2) is 4.39 Å². The number of carbonyl (C=O) groups excluding carboxylic acids is 2. The molecule has 1 atom stereocenters. The van der Waals surface area contributed by atoms with Gasteiger partial charge in [-0.05, 0) is 56.5 Å². The van der Waals surface area contributed by atoms with Crippen LogP contribution in [0.2, 0.25) is 0 Å². The lowest BCUT2D eigenvalue weighted by Gasteiger charge is -2.22. The maximum absolute atomic E-state index is 13.6. The average molecular weight is 336 g/mol. The molecule has 0 aliphatic carbocycles. The third-order valence-corrected chi connectivity index (χ3v) is 4.33. The van der Waals surface area contributed by atoms with Gasteiger partial charge >= 0.3 is 0 Å². The summed E-state index contributed by atoms with van der Waals surface area (Å²) in [6.45, 7) is 2.73. The van der Waals surface area contributed by atoms with Crippen molar-refractivity contribution in [2.45, 2.75) is 32.1 Å². The minimum atomic E-state index is -0.575. The fourth-order valence-electron chi connectivity index (χ4n) is 2.89. The van der Waals surface area contributed by atoms with Crippen LogP contribution in [-0.2, 0) is 4.79 Å². The van der Waals surface area contributed by atoms with E-state index in [1.165, 1.54) is 32.1 Å². The SMILES string of the molecule is COc1ccc(C(=O)CCC(=O)NCCC2CCCNC2)cc1F. The lowest BCUT2D eigenvalue weighted by atomic mass is 9.96. The normalized spacial score (nSPS) is 17.3. The Kier molecular flexibility index (Phi) is 7.18. The Morgan fingerprint density at radius 3 is 2.88 bits per heavy atom. The van der Waals surface area contributed by atoms with Crippen LogP contribution in [0.15, 0.2) is 18.2 Å². The molecule has 1 fully saturated rings. The molecule has 132 valence electrons. The van der Waals surface area contributed by atoms with Crippen LogP contribution in [0.3, 0.4) is 0 Å². The predicted octanol–water partition coefficient (Wildman–Crippen LogP) is 2.30. The summed E-state index contributed by atoms with van der Waals surface area (Å²) >= 11 is 0. The number of halogens is 1.